The molecule has 0 saturated carbocycles. The summed E-state index contributed by atoms with van der Waals surface area (Å²) in [6.07, 6.45) is 7.54. The number of unbranched alkanes of at least 4 members (excludes halogenated alkanes) is 5. The number of benzene rings is 2. The van der Waals surface area contributed by atoms with Gasteiger partial charge in [-0.15, -0.1) is 0 Å². The second kappa shape index (κ2) is 15.7. The predicted octanol–water partition coefficient (Wildman–Crippen LogP) is 2.17. The summed E-state index contributed by atoms with van der Waals surface area (Å²) in [4.78, 5) is 0. The molecule has 2 aromatic carbocycles. The Labute approximate surface area is 202 Å². The number of aliphatic hydroxyl groups excluding tert-OH is 2. The van der Waals surface area contributed by atoms with E-state index in [1.54, 1.807) is 30.3 Å². The minimum absolute atomic E-state index is 0.0895. The Balaban J connectivity index is 1.47. The molecule has 2 aromatic rings. The average molecular weight is 478 g/mol. The number of hydrogen-bond acceptors (Lipinski definition) is 7. The van der Waals surface area contributed by atoms with Gasteiger partial charge in [0.25, 0.3) is 0 Å². The van der Waals surface area contributed by atoms with Crippen molar-refractivity contribution < 1.29 is 35.9 Å². The first-order valence-corrected chi connectivity index (χ1v) is 12.2. The number of hydroxylamine groups is 4. The molecule has 0 fully saturated rings. The summed E-state index contributed by atoms with van der Waals surface area (Å²) in [5.74, 6) is 0.184. The molecule has 190 valence electrons. The fourth-order valence-corrected chi connectivity index (χ4v) is 3.96. The van der Waals surface area contributed by atoms with Crippen LogP contribution in [-0.4, -0.2) is 62.1 Å². The monoisotopic (exact) mass is 477 g/mol. The predicted molar refractivity (Wildman–Crippen MR) is 129 cm³/mol. The third kappa shape index (κ3) is 10.4. The minimum atomic E-state index is -0.202. The number of aromatic hydroxyl groups is 2. The van der Waals surface area contributed by atoms with E-state index >= 15 is 0 Å². The second-order valence-corrected chi connectivity index (χ2v) is 8.88. The largest absolute Gasteiger partial charge is 0.508 e. The number of hydrogen-bond donors (Lipinski definition) is 7. The summed E-state index contributed by atoms with van der Waals surface area (Å²) < 4.78 is 0. The number of nitrogens with one attached hydrogen (secondary N) is 1. The molecule has 34 heavy (non-hydrogen) atoms. The highest BCUT2D eigenvalue weighted by atomic mass is 16.5. The van der Waals surface area contributed by atoms with Crippen molar-refractivity contribution in [3.8, 4) is 11.5 Å². The van der Waals surface area contributed by atoms with Gasteiger partial charge in [-0.1, -0.05) is 31.4 Å². The van der Waals surface area contributed by atoms with E-state index in [0.717, 1.165) is 49.7 Å². The van der Waals surface area contributed by atoms with Crippen LogP contribution in [-0.2, 0) is 26.1 Å². The highest BCUT2D eigenvalue weighted by Gasteiger charge is 2.08. The molecule has 8 nitrogen and oxygen atoms in total. The van der Waals surface area contributed by atoms with Crippen LogP contribution in [0.2, 0.25) is 0 Å². The van der Waals surface area contributed by atoms with Crippen molar-refractivity contribution in [1.29, 1.82) is 0 Å². The molecule has 7 N–H and O–H groups in total. The highest BCUT2D eigenvalue weighted by Crippen LogP contribution is 2.19. The third-order valence-corrected chi connectivity index (χ3v) is 6.12. The summed E-state index contributed by atoms with van der Waals surface area (Å²) in [7, 11) is 0. The molecular formula is C26H41N2O6+. The number of quaternary nitrogens is 1. The maximum atomic E-state index is 10.1. The molecule has 8 heteroatoms. The van der Waals surface area contributed by atoms with Crippen molar-refractivity contribution in [1.82, 2.24) is 5.06 Å². The molecule has 0 bridgehead atoms. The van der Waals surface area contributed by atoms with Crippen LogP contribution in [0.1, 0.15) is 60.8 Å². The van der Waals surface area contributed by atoms with E-state index in [4.69, 9.17) is 0 Å². The smallest absolute Gasteiger partial charge is 0.121 e. The Morgan fingerprint density at radius 2 is 1.18 bits per heavy atom. The van der Waals surface area contributed by atoms with Crippen LogP contribution in [0.15, 0.2) is 36.4 Å². The van der Waals surface area contributed by atoms with Gasteiger partial charge in [-0.3, -0.25) is 0 Å². The molecule has 1 unspecified atom stereocenters. The first-order valence-electron chi connectivity index (χ1n) is 12.2. The lowest BCUT2D eigenvalue weighted by Gasteiger charge is -2.15. The van der Waals surface area contributed by atoms with Gasteiger partial charge in [-0.25, -0.2) is 5.21 Å². The highest BCUT2D eigenvalue weighted by molar-refractivity contribution is 5.36. The van der Waals surface area contributed by atoms with Crippen molar-refractivity contribution in [2.24, 2.45) is 0 Å². The number of aliphatic hydroxyl groups is 2. The molecule has 0 spiro atoms. The summed E-state index contributed by atoms with van der Waals surface area (Å²) in [5.41, 5.74) is 2.97. The zero-order valence-corrected chi connectivity index (χ0v) is 20.0. The lowest BCUT2D eigenvalue weighted by atomic mass is 10.1. The average Bonchev–Trinajstić information content (AvgIpc) is 2.84. The first kappa shape index (κ1) is 28.0. The summed E-state index contributed by atoms with van der Waals surface area (Å²) >= 11 is 0. The van der Waals surface area contributed by atoms with Crippen molar-refractivity contribution in [3.05, 3.63) is 58.7 Å². The van der Waals surface area contributed by atoms with E-state index in [1.165, 1.54) is 5.06 Å². The summed E-state index contributed by atoms with van der Waals surface area (Å²) in [6, 6.07) is 10.3. The third-order valence-electron chi connectivity index (χ3n) is 6.12. The minimum Gasteiger partial charge on any atom is -0.508 e. The van der Waals surface area contributed by atoms with E-state index in [1.807, 2.05) is 6.07 Å². The van der Waals surface area contributed by atoms with Gasteiger partial charge in [-0.2, -0.15) is 10.1 Å². The molecule has 0 aliphatic heterocycles. The van der Waals surface area contributed by atoms with Crippen LogP contribution < -0.4 is 5.06 Å². The summed E-state index contributed by atoms with van der Waals surface area (Å²) in [5, 5.41) is 59.6. The molecule has 0 radical (unpaired) electrons. The van der Waals surface area contributed by atoms with Gasteiger partial charge in [0.2, 0.25) is 0 Å². The summed E-state index contributed by atoms with van der Waals surface area (Å²) in [6.45, 7) is 2.02. The van der Waals surface area contributed by atoms with E-state index in [-0.39, 0.29) is 24.7 Å². The van der Waals surface area contributed by atoms with Gasteiger partial charge in [0.1, 0.15) is 24.6 Å². The van der Waals surface area contributed by atoms with E-state index in [9.17, 15) is 30.8 Å². The van der Waals surface area contributed by atoms with Crippen LogP contribution in [0, 0.1) is 0 Å². The lowest BCUT2D eigenvalue weighted by molar-refractivity contribution is -1.09. The van der Waals surface area contributed by atoms with Gasteiger partial charge in [0.15, 0.2) is 0 Å². The van der Waals surface area contributed by atoms with Gasteiger partial charge in [0.05, 0.1) is 13.2 Å². The standard InChI is InChI=1S/C26H40N2O6/c29-19-23-17-21(7-9-25(23)31)11-15-27(33)13-5-3-1-2-4-6-14-28(34)16-12-22-8-10-26(32)24(18-22)20-30/h7-10,17-18,29-34H,1-6,11-16,19-20H2/p+1. The normalized spacial score (nSPS) is 12.4. The van der Waals surface area contributed by atoms with E-state index in [0.29, 0.717) is 55.2 Å². The maximum Gasteiger partial charge on any atom is 0.121 e. The number of phenols is 2. The Kier molecular flexibility index (Phi) is 12.9. The number of nitrogens with zero attached hydrogens (tertiary/aromatic N) is 1. The van der Waals surface area contributed by atoms with Gasteiger partial charge >= 0.3 is 0 Å². The maximum absolute atomic E-state index is 10.1. The van der Waals surface area contributed by atoms with Crippen molar-refractivity contribution in [2.75, 3.05) is 26.2 Å². The van der Waals surface area contributed by atoms with E-state index in [2.05, 4.69) is 0 Å². The molecule has 0 aliphatic carbocycles. The molecule has 0 heterocycles. The van der Waals surface area contributed by atoms with Gasteiger partial charge < -0.3 is 25.6 Å². The molecule has 2 rings (SSSR count). The molecule has 0 amide bonds. The molecule has 1 atom stereocenters. The molecule has 0 aliphatic rings. The van der Waals surface area contributed by atoms with Crippen molar-refractivity contribution in [3.63, 3.8) is 0 Å². The van der Waals surface area contributed by atoms with Crippen LogP contribution in [0.5, 0.6) is 11.5 Å². The Morgan fingerprint density at radius 1 is 0.647 bits per heavy atom. The topological polar surface area (TPSA) is 129 Å². The molecular weight excluding hydrogens is 436 g/mol. The Bertz CT molecular complexity index is 779. The van der Waals surface area contributed by atoms with Crippen molar-refractivity contribution >= 4 is 0 Å². The Morgan fingerprint density at radius 3 is 1.76 bits per heavy atom. The van der Waals surface area contributed by atoms with Crippen LogP contribution in [0.25, 0.3) is 0 Å². The number of rotatable bonds is 17. The molecule has 0 saturated heterocycles. The van der Waals surface area contributed by atoms with Crippen molar-refractivity contribution in [2.45, 2.75) is 64.6 Å². The Hall–Kier alpha value is -2.20. The van der Waals surface area contributed by atoms with Crippen LogP contribution in [0.3, 0.4) is 0 Å². The van der Waals surface area contributed by atoms with Gasteiger partial charge in [0, 0.05) is 30.6 Å². The molecule has 0 aromatic heterocycles. The first-order chi connectivity index (χ1) is 16.4. The fraction of sp³-hybridized carbons (Fsp3) is 0.538. The van der Waals surface area contributed by atoms with Crippen LogP contribution >= 0.6 is 0 Å². The lowest BCUT2D eigenvalue weighted by Crippen LogP contribution is -3.10. The fourth-order valence-electron chi connectivity index (χ4n) is 3.96. The van der Waals surface area contributed by atoms with Gasteiger partial charge in [-0.05, 0) is 61.1 Å². The quantitative estimate of drug-likeness (QED) is 0.137. The van der Waals surface area contributed by atoms with Crippen LogP contribution in [0.4, 0.5) is 0 Å². The zero-order chi connectivity index (χ0) is 24.8. The van der Waals surface area contributed by atoms with E-state index < -0.39 is 0 Å². The SMILES string of the molecule is OCc1cc(CCN(O)CCCCCCCC[NH+](O)CCc2ccc(O)c(CO)c2)ccc1O. The second-order valence-electron chi connectivity index (χ2n) is 8.88. The zero-order valence-electron chi connectivity index (χ0n) is 20.0.